The Morgan fingerprint density at radius 3 is 2.90 bits per heavy atom. The average Bonchev–Trinajstić information content (AvgIpc) is 2.94. The van der Waals surface area contributed by atoms with Crippen molar-refractivity contribution in [3.05, 3.63) is 22.7 Å². The first-order valence-corrected chi connectivity index (χ1v) is 7.53. The highest BCUT2D eigenvalue weighted by Crippen LogP contribution is 2.34. The summed E-state index contributed by atoms with van der Waals surface area (Å²) in [6.45, 7) is 5.85. The maximum absolute atomic E-state index is 10.2. The van der Waals surface area contributed by atoms with Gasteiger partial charge in [-0.1, -0.05) is 18.5 Å². The van der Waals surface area contributed by atoms with E-state index in [1.54, 1.807) is 6.07 Å². The summed E-state index contributed by atoms with van der Waals surface area (Å²) in [4.78, 5) is 2.31. The molecule has 5 heteroatoms. The zero-order valence-electron chi connectivity index (χ0n) is 12.2. The number of nitrogens with zero attached hydrogens (tertiary/aromatic N) is 1. The average molecular weight is 299 g/mol. The maximum atomic E-state index is 10.2. The molecule has 0 bridgehead atoms. The molecule has 0 aromatic heterocycles. The second-order valence-corrected chi connectivity index (χ2v) is 5.67. The highest BCUT2D eigenvalue weighted by atomic mass is 35.5. The summed E-state index contributed by atoms with van der Waals surface area (Å²) in [7, 11) is 1.54. The molecule has 112 valence electrons. The Balaban J connectivity index is 2.08. The number of hydrogen-bond acceptors (Lipinski definition) is 4. The van der Waals surface area contributed by atoms with Crippen LogP contribution in [0.25, 0.3) is 0 Å². The molecule has 2 N–H and O–H groups in total. The van der Waals surface area contributed by atoms with Crippen LogP contribution in [-0.2, 0) is 6.54 Å². The van der Waals surface area contributed by atoms with Crippen LogP contribution in [0.1, 0.15) is 25.3 Å². The molecule has 1 aliphatic heterocycles. The van der Waals surface area contributed by atoms with E-state index in [0.717, 1.165) is 25.2 Å². The van der Waals surface area contributed by atoms with Crippen molar-refractivity contribution in [3.63, 3.8) is 0 Å². The van der Waals surface area contributed by atoms with E-state index in [9.17, 15) is 5.11 Å². The monoisotopic (exact) mass is 298 g/mol. The third-order valence-electron chi connectivity index (χ3n) is 3.82. The summed E-state index contributed by atoms with van der Waals surface area (Å²) in [5, 5.41) is 14.3. The predicted molar refractivity (Wildman–Crippen MR) is 81.6 cm³/mol. The molecule has 1 fully saturated rings. The van der Waals surface area contributed by atoms with Crippen LogP contribution in [0.2, 0.25) is 5.02 Å². The number of likely N-dealkylation sites (N-methyl/N-ethyl adjacent to an activating group) is 1. The van der Waals surface area contributed by atoms with E-state index in [-0.39, 0.29) is 5.75 Å². The van der Waals surface area contributed by atoms with E-state index in [0.29, 0.717) is 23.4 Å². The molecule has 1 atom stereocenters. The first kappa shape index (κ1) is 15.4. The summed E-state index contributed by atoms with van der Waals surface area (Å²) in [5.41, 5.74) is 0.814. The van der Waals surface area contributed by atoms with Gasteiger partial charge in [0.25, 0.3) is 0 Å². The molecule has 0 radical (unpaired) electrons. The first-order chi connectivity index (χ1) is 9.63. The number of methoxy groups -OCH3 is 1. The van der Waals surface area contributed by atoms with Crippen molar-refractivity contribution in [2.45, 2.75) is 32.4 Å². The number of aromatic hydroxyl groups is 1. The van der Waals surface area contributed by atoms with Crippen LogP contribution in [0.4, 0.5) is 0 Å². The zero-order valence-corrected chi connectivity index (χ0v) is 12.9. The molecular weight excluding hydrogens is 276 g/mol. The Kier molecular flexibility index (Phi) is 5.52. The van der Waals surface area contributed by atoms with Gasteiger partial charge in [-0.15, -0.1) is 0 Å². The minimum Gasteiger partial charge on any atom is -0.504 e. The zero-order chi connectivity index (χ0) is 14.5. The Morgan fingerprint density at radius 1 is 1.50 bits per heavy atom. The standard InChI is InChI=1S/C15H23ClN2O2/c1-3-18(10-13-5-4-6-17-13)9-11-7-12(16)8-14(20-2)15(11)19/h7-8,13,17,19H,3-6,9-10H2,1-2H3. The van der Waals surface area contributed by atoms with Gasteiger partial charge in [-0.2, -0.15) is 0 Å². The van der Waals surface area contributed by atoms with E-state index in [4.69, 9.17) is 16.3 Å². The fraction of sp³-hybridized carbons (Fsp3) is 0.600. The number of benzene rings is 1. The molecule has 0 saturated carbocycles. The SMILES string of the molecule is CCN(Cc1cc(Cl)cc(OC)c1O)CC1CCCN1. The van der Waals surface area contributed by atoms with E-state index < -0.39 is 0 Å². The summed E-state index contributed by atoms with van der Waals surface area (Å²) in [6.07, 6.45) is 2.47. The Labute approximate surface area is 125 Å². The summed E-state index contributed by atoms with van der Waals surface area (Å²) < 4.78 is 5.15. The van der Waals surface area contributed by atoms with Crippen LogP contribution >= 0.6 is 11.6 Å². The van der Waals surface area contributed by atoms with E-state index in [1.165, 1.54) is 20.0 Å². The lowest BCUT2D eigenvalue weighted by Crippen LogP contribution is -2.37. The molecular formula is C15H23ClN2O2. The van der Waals surface area contributed by atoms with Gasteiger partial charge in [0, 0.05) is 35.8 Å². The molecule has 0 spiro atoms. The second kappa shape index (κ2) is 7.16. The third-order valence-corrected chi connectivity index (χ3v) is 4.04. The molecule has 1 aromatic carbocycles. The number of nitrogens with one attached hydrogen (secondary N) is 1. The topological polar surface area (TPSA) is 44.7 Å². The van der Waals surface area contributed by atoms with E-state index in [1.807, 2.05) is 6.07 Å². The smallest absolute Gasteiger partial charge is 0.162 e. The van der Waals surface area contributed by atoms with Gasteiger partial charge in [0.1, 0.15) is 0 Å². The third kappa shape index (κ3) is 3.78. The molecule has 1 aromatic rings. The molecule has 20 heavy (non-hydrogen) atoms. The highest BCUT2D eigenvalue weighted by molar-refractivity contribution is 6.30. The predicted octanol–water partition coefficient (Wildman–Crippen LogP) is 2.63. The minimum atomic E-state index is 0.190. The van der Waals surface area contributed by atoms with Crippen molar-refractivity contribution in [1.82, 2.24) is 10.2 Å². The second-order valence-electron chi connectivity index (χ2n) is 5.24. The maximum Gasteiger partial charge on any atom is 0.162 e. The summed E-state index contributed by atoms with van der Waals surface area (Å²) in [5.74, 6) is 0.622. The van der Waals surface area contributed by atoms with Crippen molar-refractivity contribution < 1.29 is 9.84 Å². The van der Waals surface area contributed by atoms with Gasteiger partial charge >= 0.3 is 0 Å². The van der Waals surface area contributed by atoms with E-state index >= 15 is 0 Å². The molecule has 4 nitrogen and oxygen atoms in total. The lowest BCUT2D eigenvalue weighted by Gasteiger charge is -2.25. The molecule has 0 aliphatic carbocycles. The minimum absolute atomic E-state index is 0.190. The van der Waals surface area contributed by atoms with Gasteiger partial charge in [0.2, 0.25) is 0 Å². The number of rotatable bonds is 6. The quantitative estimate of drug-likeness (QED) is 0.847. The highest BCUT2D eigenvalue weighted by Gasteiger charge is 2.19. The van der Waals surface area contributed by atoms with Gasteiger partial charge in [0.15, 0.2) is 11.5 Å². The number of halogens is 1. The van der Waals surface area contributed by atoms with Crippen LogP contribution in [0.3, 0.4) is 0 Å². The van der Waals surface area contributed by atoms with Crippen molar-refractivity contribution in [3.8, 4) is 11.5 Å². The summed E-state index contributed by atoms with van der Waals surface area (Å²) >= 11 is 6.08. The first-order valence-electron chi connectivity index (χ1n) is 7.15. The van der Waals surface area contributed by atoms with Crippen molar-refractivity contribution in [2.75, 3.05) is 26.7 Å². The lowest BCUT2D eigenvalue weighted by molar-refractivity contribution is 0.249. The van der Waals surface area contributed by atoms with Crippen LogP contribution < -0.4 is 10.1 Å². The number of phenols is 1. The lowest BCUT2D eigenvalue weighted by atomic mass is 10.1. The van der Waals surface area contributed by atoms with Gasteiger partial charge in [-0.3, -0.25) is 4.90 Å². The molecule has 2 rings (SSSR count). The normalized spacial score (nSPS) is 18.7. The van der Waals surface area contributed by atoms with Crippen LogP contribution in [0.5, 0.6) is 11.5 Å². The van der Waals surface area contributed by atoms with Crippen LogP contribution in [0.15, 0.2) is 12.1 Å². The number of ether oxygens (including phenoxy) is 1. The van der Waals surface area contributed by atoms with Crippen LogP contribution in [0, 0.1) is 0 Å². The fourth-order valence-electron chi connectivity index (χ4n) is 2.68. The Hall–Kier alpha value is -0.970. The molecule has 1 heterocycles. The number of phenolic OH excluding ortho intramolecular Hbond substituents is 1. The van der Waals surface area contributed by atoms with Gasteiger partial charge in [0.05, 0.1) is 7.11 Å². The molecule has 1 unspecified atom stereocenters. The van der Waals surface area contributed by atoms with Crippen LogP contribution in [-0.4, -0.2) is 42.8 Å². The Morgan fingerprint density at radius 2 is 2.30 bits per heavy atom. The van der Waals surface area contributed by atoms with E-state index in [2.05, 4.69) is 17.1 Å². The number of hydrogen-bond donors (Lipinski definition) is 2. The van der Waals surface area contributed by atoms with Crippen molar-refractivity contribution >= 4 is 11.6 Å². The van der Waals surface area contributed by atoms with Gasteiger partial charge in [-0.05, 0) is 32.0 Å². The van der Waals surface area contributed by atoms with Gasteiger partial charge in [-0.25, -0.2) is 0 Å². The molecule has 1 aliphatic rings. The summed E-state index contributed by atoms with van der Waals surface area (Å²) in [6, 6.07) is 4.00. The van der Waals surface area contributed by atoms with Gasteiger partial charge < -0.3 is 15.2 Å². The fourth-order valence-corrected chi connectivity index (χ4v) is 2.91. The Bertz CT molecular complexity index is 448. The molecule has 1 saturated heterocycles. The van der Waals surface area contributed by atoms with Crippen molar-refractivity contribution in [1.29, 1.82) is 0 Å². The largest absolute Gasteiger partial charge is 0.504 e. The van der Waals surface area contributed by atoms with Crippen molar-refractivity contribution in [2.24, 2.45) is 0 Å². The molecule has 0 amide bonds.